The molecule has 0 spiro atoms. The zero-order chi connectivity index (χ0) is 13.4. The summed E-state index contributed by atoms with van der Waals surface area (Å²) in [5.41, 5.74) is 3.20. The second-order valence-corrected chi connectivity index (χ2v) is 5.27. The van der Waals surface area contributed by atoms with Crippen LogP contribution < -0.4 is 5.32 Å². The highest BCUT2D eigenvalue weighted by atomic mass is 35.5. The molecule has 0 radical (unpaired) electrons. The highest BCUT2D eigenvalue weighted by Crippen LogP contribution is 2.28. The maximum atomic E-state index is 13.3. The predicted octanol–water partition coefficient (Wildman–Crippen LogP) is 3.76. The standard InChI is InChI=1S/C15H13ClFNO/c16-11-2-1-9-6-13(7-10(9)5-11)18-12-3-4-15(19)14(17)8-12/h1-5,8,13,18-19H,6-7H2. The van der Waals surface area contributed by atoms with Gasteiger partial charge in [0.2, 0.25) is 0 Å². The van der Waals surface area contributed by atoms with Crippen molar-refractivity contribution < 1.29 is 9.50 Å². The number of fused-ring (bicyclic) bond motifs is 1. The summed E-state index contributed by atoms with van der Waals surface area (Å²) in [6.45, 7) is 0. The van der Waals surface area contributed by atoms with Crippen molar-refractivity contribution >= 4 is 17.3 Å². The normalized spacial score (nSPS) is 17.3. The van der Waals surface area contributed by atoms with E-state index < -0.39 is 5.82 Å². The Morgan fingerprint density at radius 1 is 1.11 bits per heavy atom. The molecule has 2 nitrogen and oxygen atoms in total. The molecule has 0 amide bonds. The van der Waals surface area contributed by atoms with E-state index >= 15 is 0 Å². The van der Waals surface area contributed by atoms with Crippen LogP contribution in [0.5, 0.6) is 5.75 Å². The van der Waals surface area contributed by atoms with Crippen LogP contribution >= 0.6 is 11.6 Å². The van der Waals surface area contributed by atoms with Gasteiger partial charge in [-0.3, -0.25) is 0 Å². The van der Waals surface area contributed by atoms with E-state index in [4.69, 9.17) is 16.7 Å². The van der Waals surface area contributed by atoms with Crippen LogP contribution in [0.25, 0.3) is 0 Å². The third-order valence-corrected chi connectivity index (χ3v) is 3.65. The lowest BCUT2D eigenvalue weighted by molar-refractivity contribution is 0.432. The van der Waals surface area contributed by atoms with E-state index in [1.807, 2.05) is 18.2 Å². The van der Waals surface area contributed by atoms with E-state index in [0.29, 0.717) is 5.69 Å². The van der Waals surface area contributed by atoms with Crippen molar-refractivity contribution in [1.82, 2.24) is 0 Å². The molecule has 1 atom stereocenters. The number of aromatic hydroxyl groups is 1. The number of phenolic OH excluding ortho intramolecular Hbond substituents is 1. The minimum atomic E-state index is -0.608. The molecule has 98 valence electrons. The lowest BCUT2D eigenvalue weighted by Crippen LogP contribution is -2.19. The molecular weight excluding hydrogens is 265 g/mol. The van der Waals surface area contributed by atoms with Gasteiger partial charge in [0.1, 0.15) is 0 Å². The Labute approximate surface area is 115 Å². The Balaban J connectivity index is 1.75. The van der Waals surface area contributed by atoms with Gasteiger partial charge in [0, 0.05) is 22.8 Å². The first-order valence-corrected chi connectivity index (χ1v) is 6.52. The summed E-state index contributed by atoms with van der Waals surface area (Å²) in [5.74, 6) is -0.935. The Kier molecular flexibility index (Phi) is 3.07. The number of halogens is 2. The first-order chi connectivity index (χ1) is 9.11. The van der Waals surface area contributed by atoms with E-state index in [1.54, 1.807) is 6.07 Å². The van der Waals surface area contributed by atoms with E-state index in [0.717, 1.165) is 17.9 Å². The summed E-state index contributed by atoms with van der Waals surface area (Å²) in [6, 6.07) is 10.5. The molecule has 0 fully saturated rings. The molecule has 2 aromatic carbocycles. The van der Waals surface area contributed by atoms with Crippen LogP contribution in [0.3, 0.4) is 0 Å². The summed E-state index contributed by atoms with van der Waals surface area (Å²) in [5, 5.41) is 13.2. The van der Waals surface area contributed by atoms with Gasteiger partial charge in [0.25, 0.3) is 0 Å². The number of hydrogen-bond acceptors (Lipinski definition) is 2. The Hall–Kier alpha value is -1.74. The van der Waals surface area contributed by atoms with Crippen LogP contribution in [0.1, 0.15) is 11.1 Å². The fourth-order valence-electron chi connectivity index (χ4n) is 2.52. The monoisotopic (exact) mass is 277 g/mol. The maximum Gasteiger partial charge on any atom is 0.166 e. The van der Waals surface area contributed by atoms with E-state index in [-0.39, 0.29) is 11.8 Å². The molecule has 0 saturated carbocycles. The van der Waals surface area contributed by atoms with Crippen LogP contribution in [0, 0.1) is 5.82 Å². The van der Waals surface area contributed by atoms with Gasteiger partial charge in [-0.05, 0) is 48.2 Å². The van der Waals surface area contributed by atoms with Crippen molar-refractivity contribution in [3.8, 4) is 5.75 Å². The van der Waals surface area contributed by atoms with Crippen molar-refractivity contribution in [2.75, 3.05) is 5.32 Å². The van der Waals surface area contributed by atoms with Gasteiger partial charge in [-0.15, -0.1) is 0 Å². The average molecular weight is 278 g/mol. The zero-order valence-corrected chi connectivity index (χ0v) is 10.9. The molecule has 3 rings (SSSR count). The minimum Gasteiger partial charge on any atom is -0.505 e. The number of rotatable bonds is 2. The van der Waals surface area contributed by atoms with E-state index in [2.05, 4.69) is 5.32 Å². The van der Waals surface area contributed by atoms with Crippen LogP contribution in [0.4, 0.5) is 10.1 Å². The van der Waals surface area contributed by atoms with Crippen LogP contribution in [-0.4, -0.2) is 11.1 Å². The van der Waals surface area contributed by atoms with E-state index in [1.165, 1.54) is 23.3 Å². The van der Waals surface area contributed by atoms with Gasteiger partial charge in [-0.2, -0.15) is 0 Å². The van der Waals surface area contributed by atoms with Crippen molar-refractivity contribution in [3.05, 3.63) is 58.4 Å². The molecule has 0 aromatic heterocycles. The minimum absolute atomic E-state index is 0.234. The molecule has 2 aromatic rings. The molecule has 1 unspecified atom stereocenters. The van der Waals surface area contributed by atoms with Gasteiger partial charge in [0.15, 0.2) is 11.6 Å². The number of phenols is 1. The third-order valence-electron chi connectivity index (χ3n) is 3.42. The zero-order valence-electron chi connectivity index (χ0n) is 10.2. The summed E-state index contributed by atoms with van der Waals surface area (Å²) in [7, 11) is 0. The van der Waals surface area contributed by atoms with Crippen molar-refractivity contribution in [1.29, 1.82) is 0 Å². The average Bonchev–Trinajstić information content (AvgIpc) is 2.75. The number of anilines is 1. The molecule has 1 aliphatic carbocycles. The van der Waals surface area contributed by atoms with Gasteiger partial charge < -0.3 is 10.4 Å². The van der Waals surface area contributed by atoms with Crippen molar-refractivity contribution in [3.63, 3.8) is 0 Å². The first-order valence-electron chi connectivity index (χ1n) is 6.14. The van der Waals surface area contributed by atoms with Crippen molar-refractivity contribution in [2.45, 2.75) is 18.9 Å². The fourth-order valence-corrected chi connectivity index (χ4v) is 2.72. The van der Waals surface area contributed by atoms with Crippen LogP contribution in [-0.2, 0) is 12.8 Å². The van der Waals surface area contributed by atoms with Gasteiger partial charge in [-0.25, -0.2) is 4.39 Å². The van der Waals surface area contributed by atoms with Gasteiger partial charge in [-0.1, -0.05) is 17.7 Å². The first kappa shape index (κ1) is 12.3. The summed E-state index contributed by atoms with van der Waals surface area (Å²) in [4.78, 5) is 0. The predicted molar refractivity (Wildman–Crippen MR) is 74.3 cm³/mol. The molecule has 0 saturated heterocycles. The Morgan fingerprint density at radius 2 is 1.89 bits per heavy atom. The smallest absolute Gasteiger partial charge is 0.166 e. The van der Waals surface area contributed by atoms with Gasteiger partial charge in [0.05, 0.1) is 0 Å². The summed E-state index contributed by atoms with van der Waals surface area (Å²) < 4.78 is 13.3. The molecule has 4 heteroatoms. The molecule has 0 aliphatic heterocycles. The maximum absolute atomic E-state index is 13.3. The Morgan fingerprint density at radius 3 is 2.68 bits per heavy atom. The quantitative estimate of drug-likeness (QED) is 0.819. The largest absolute Gasteiger partial charge is 0.505 e. The molecule has 0 bridgehead atoms. The van der Waals surface area contributed by atoms with Crippen molar-refractivity contribution in [2.24, 2.45) is 0 Å². The van der Waals surface area contributed by atoms with Crippen LogP contribution in [0.15, 0.2) is 36.4 Å². The van der Waals surface area contributed by atoms with Gasteiger partial charge >= 0.3 is 0 Å². The number of benzene rings is 2. The summed E-state index contributed by atoms with van der Waals surface area (Å²) >= 11 is 5.97. The summed E-state index contributed by atoms with van der Waals surface area (Å²) in [6.07, 6.45) is 1.77. The molecule has 19 heavy (non-hydrogen) atoms. The highest BCUT2D eigenvalue weighted by Gasteiger charge is 2.21. The lowest BCUT2D eigenvalue weighted by atomic mass is 10.1. The number of hydrogen-bond donors (Lipinski definition) is 2. The topological polar surface area (TPSA) is 32.3 Å². The lowest BCUT2D eigenvalue weighted by Gasteiger charge is -2.13. The fraction of sp³-hybridized carbons (Fsp3) is 0.200. The molecule has 2 N–H and O–H groups in total. The molecular formula is C15H13ClFNO. The van der Waals surface area contributed by atoms with Crippen LogP contribution in [0.2, 0.25) is 5.02 Å². The molecule has 0 heterocycles. The number of nitrogens with one attached hydrogen (secondary N) is 1. The Bertz CT molecular complexity index is 630. The highest BCUT2D eigenvalue weighted by molar-refractivity contribution is 6.30. The second kappa shape index (κ2) is 4.74. The molecule has 1 aliphatic rings. The SMILES string of the molecule is Oc1ccc(NC2Cc3ccc(Cl)cc3C2)cc1F. The second-order valence-electron chi connectivity index (χ2n) is 4.83. The van der Waals surface area contributed by atoms with E-state index in [9.17, 15) is 4.39 Å². The third kappa shape index (κ3) is 2.51.